The first kappa shape index (κ1) is 15.9. The molecule has 0 unspecified atom stereocenters. The van der Waals surface area contributed by atoms with E-state index in [2.05, 4.69) is 26.1 Å². The first-order chi connectivity index (χ1) is 13.2. The third-order valence-corrected chi connectivity index (χ3v) is 4.98. The summed E-state index contributed by atoms with van der Waals surface area (Å²) >= 11 is 0. The van der Waals surface area contributed by atoms with Gasteiger partial charge in [0.05, 0.1) is 13.3 Å². The molecule has 4 heterocycles. The maximum atomic E-state index is 6.12. The highest BCUT2D eigenvalue weighted by Gasteiger charge is 2.19. The van der Waals surface area contributed by atoms with Gasteiger partial charge in [-0.05, 0) is 18.6 Å². The van der Waals surface area contributed by atoms with E-state index in [0.717, 1.165) is 49.5 Å². The van der Waals surface area contributed by atoms with Crippen LogP contribution in [-0.2, 0) is 13.0 Å². The average Bonchev–Trinajstić information content (AvgIpc) is 3.33. The minimum atomic E-state index is 0.303. The summed E-state index contributed by atoms with van der Waals surface area (Å²) in [5, 5.41) is 9.81. The van der Waals surface area contributed by atoms with Crippen LogP contribution in [0.2, 0.25) is 0 Å². The molecule has 0 saturated heterocycles. The molecule has 0 spiro atoms. The molecule has 0 radical (unpaired) electrons. The summed E-state index contributed by atoms with van der Waals surface area (Å²) in [7, 11) is 1.62. The zero-order valence-corrected chi connectivity index (χ0v) is 15.0. The van der Waals surface area contributed by atoms with Crippen molar-refractivity contribution in [2.24, 2.45) is 0 Å². The summed E-state index contributed by atoms with van der Waals surface area (Å²) < 4.78 is 9.05. The highest BCUT2D eigenvalue weighted by molar-refractivity contribution is 5.95. The van der Waals surface area contributed by atoms with Crippen molar-refractivity contribution in [1.29, 1.82) is 0 Å². The number of rotatable bonds is 4. The number of fused-ring (bicyclic) bond motifs is 4. The summed E-state index contributed by atoms with van der Waals surface area (Å²) in [4.78, 5) is 11.5. The van der Waals surface area contributed by atoms with E-state index in [-0.39, 0.29) is 0 Å². The van der Waals surface area contributed by atoms with Crippen molar-refractivity contribution >= 4 is 28.3 Å². The molecule has 3 aromatic heterocycles. The fourth-order valence-electron chi connectivity index (χ4n) is 3.69. The van der Waals surface area contributed by atoms with E-state index in [9.17, 15) is 0 Å². The maximum Gasteiger partial charge on any atom is 0.223 e. The molecule has 0 bridgehead atoms. The Morgan fingerprint density at radius 3 is 3.00 bits per heavy atom. The molecule has 1 aliphatic heterocycles. The van der Waals surface area contributed by atoms with Crippen LogP contribution in [0.25, 0.3) is 16.6 Å². The Morgan fingerprint density at radius 1 is 1.19 bits per heavy atom. The van der Waals surface area contributed by atoms with Gasteiger partial charge in [0, 0.05) is 37.5 Å². The number of benzene rings is 1. The minimum absolute atomic E-state index is 0.303. The fraction of sp³-hybridized carbons (Fsp3) is 0.333. The number of aromatic nitrogens is 6. The Hall–Kier alpha value is -3.36. The van der Waals surface area contributed by atoms with Gasteiger partial charge in [-0.3, -0.25) is 0 Å². The molecule has 9 heteroatoms. The van der Waals surface area contributed by atoms with Gasteiger partial charge < -0.3 is 15.4 Å². The van der Waals surface area contributed by atoms with Crippen LogP contribution in [-0.4, -0.2) is 49.6 Å². The van der Waals surface area contributed by atoms with Crippen molar-refractivity contribution in [2.45, 2.75) is 19.4 Å². The summed E-state index contributed by atoms with van der Waals surface area (Å²) in [6.45, 7) is 2.82. The lowest BCUT2D eigenvalue weighted by Gasteiger charge is -2.29. The van der Waals surface area contributed by atoms with Crippen molar-refractivity contribution in [3.05, 3.63) is 36.3 Å². The maximum absolute atomic E-state index is 6.12. The number of nitrogens with zero attached hydrogens (tertiary/aromatic N) is 7. The van der Waals surface area contributed by atoms with E-state index >= 15 is 0 Å². The molecule has 27 heavy (non-hydrogen) atoms. The van der Waals surface area contributed by atoms with Crippen LogP contribution in [0.1, 0.15) is 12.2 Å². The highest BCUT2D eigenvalue weighted by atomic mass is 16.5. The van der Waals surface area contributed by atoms with Crippen molar-refractivity contribution in [1.82, 2.24) is 29.4 Å². The average molecular weight is 364 g/mol. The third kappa shape index (κ3) is 2.54. The Labute approximate surface area is 155 Å². The Morgan fingerprint density at radius 2 is 2.11 bits per heavy atom. The van der Waals surface area contributed by atoms with Crippen LogP contribution < -0.4 is 15.4 Å². The normalized spacial score (nSPS) is 14.0. The van der Waals surface area contributed by atoms with Crippen molar-refractivity contribution in [3.63, 3.8) is 0 Å². The van der Waals surface area contributed by atoms with Gasteiger partial charge in [-0.15, -0.1) is 5.10 Å². The van der Waals surface area contributed by atoms with Gasteiger partial charge in [-0.25, -0.2) is 14.6 Å². The van der Waals surface area contributed by atoms with Gasteiger partial charge in [0.25, 0.3) is 0 Å². The zero-order chi connectivity index (χ0) is 18.4. The first-order valence-electron chi connectivity index (χ1n) is 8.99. The van der Waals surface area contributed by atoms with Crippen molar-refractivity contribution in [3.8, 4) is 5.75 Å². The van der Waals surface area contributed by atoms with Gasteiger partial charge in [-0.1, -0.05) is 6.07 Å². The number of anilines is 2. The molecule has 5 rings (SSSR count). The Bertz CT molecular complexity index is 1130. The van der Waals surface area contributed by atoms with E-state index in [1.54, 1.807) is 11.6 Å². The van der Waals surface area contributed by atoms with E-state index in [1.165, 1.54) is 0 Å². The van der Waals surface area contributed by atoms with Crippen LogP contribution in [0.5, 0.6) is 5.75 Å². The van der Waals surface area contributed by atoms with E-state index in [4.69, 9.17) is 15.5 Å². The molecule has 0 saturated carbocycles. The topological polar surface area (TPSA) is 99.4 Å². The summed E-state index contributed by atoms with van der Waals surface area (Å²) in [5.74, 6) is 2.88. The summed E-state index contributed by atoms with van der Waals surface area (Å²) in [6, 6.07) is 7.80. The van der Waals surface area contributed by atoms with Crippen LogP contribution >= 0.6 is 0 Å². The molecule has 4 aromatic rings. The molecule has 0 atom stereocenters. The predicted octanol–water partition coefficient (Wildman–Crippen LogP) is 1.52. The standard InChI is InChI=1S/C18H20N8O/c1-27-13-5-2-4-12-16(13)22-18(19)26-17(12)21-14(23-26)7-11-24-9-3-10-25-15(24)6-8-20-25/h2,4-6,8H,3,7,9-11H2,1H3,(H2,19,22). The lowest BCUT2D eigenvalue weighted by atomic mass is 10.2. The van der Waals surface area contributed by atoms with Gasteiger partial charge in [0.2, 0.25) is 5.95 Å². The van der Waals surface area contributed by atoms with Gasteiger partial charge in [0.15, 0.2) is 11.5 Å². The minimum Gasteiger partial charge on any atom is -0.494 e. The van der Waals surface area contributed by atoms with E-state index < -0.39 is 0 Å². The lowest BCUT2D eigenvalue weighted by molar-refractivity contribution is 0.419. The molecular formula is C18H20N8O. The number of ether oxygens (including phenoxy) is 1. The van der Waals surface area contributed by atoms with Gasteiger partial charge in [0.1, 0.15) is 17.1 Å². The Balaban J connectivity index is 1.49. The second kappa shape index (κ2) is 6.11. The third-order valence-electron chi connectivity index (χ3n) is 4.98. The second-order valence-corrected chi connectivity index (χ2v) is 6.59. The predicted molar refractivity (Wildman–Crippen MR) is 102 cm³/mol. The monoisotopic (exact) mass is 364 g/mol. The number of aryl methyl sites for hydroxylation is 1. The van der Waals surface area contributed by atoms with Crippen LogP contribution in [0, 0.1) is 0 Å². The fourth-order valence-corrected chi connectivity index (χ4v) is 3.69. The zero-order valence-electron chi connectivity index (χ0n) is 15.0. The van der Waals surface area contributed by atoms with Crippen molar-refractivity contribution < 1.29 is 4.74 Å². The second-order valence-electron chi connectivity index (χ2n) is 6.59. The molecule has 1 aromatic carbocycles. The largest absolute Gasteiger partial charge is 0.494 e. The number of hydrogen-bond donors (Lipinski definition) is 1. The highest BCUT2D eigenvalue weighted by Crippen LogP contribution is 2.27. The first-order valence-corrected chi connectivity index (χ1v) is 8.99. The molecule has 138 valence electrons. The number of nitrogens with two attached hydrogens (primary N) is 1. The number of methoxy groups -OCH3 is 1. The van der Waals surface area contributed by atoms with E-state index in [1.807, 2.05) is 29.1 Å². The van der Waals surface area contributed by atoms with Gasteiger partial charge >= 0.3 is 0 Å². The van der Waals surface area contributed by atoms with Crippen LogP contribution in [0.4, 0.5) is 11.8 Å². The van der Waals surface area contributed by atoms with Crippen LogP contribution in [0.15, 0.2) is 30.5 Å². The summed E-state index contributed by atoms with van der Waals surface area (Å²) in [6.07, 6.45) is 3.66. The summed E-state index contributed by atoms with van der Waals surface area (Å²) in [5.41, 5.74) is 7.52. The molecule has 0 aliphatic carbocycles. The van der Waals surface area contributed by atoms with Crippen molar-refractivity contribution in [2.75, 3.05) is 30.8 Å². The Kier molecular flexibility index (Phi) is 3.59. The quantitative estimate of drug-likeness (QED) is 0.586. The van der Waals surface area contributed by atoms with Crippen LogP contribution in [0.3, 0.4) is 0 Å². The smallest absolute Gasteiger partial charge is 0.223 e. The SMILES string of the molecule is COc1cccc2c1nc(N)n1nc(CCN3CCCn4nccc43)nc21. The molecule has 0 fully saturated rings. The number of hydrogen-bond acceptors (Lipinski definition) is 7. The molecule has 1 aliphatic rings. The molecule has 0 amide bonds. The molecular weight excluding hydrogens is 344 g/mol. The molecule has 9 nitrogen and oxygen atoms in total. The lowest BCUT2D eigenvalue weighted by Crippen LogP contribution is -2.34. The van der Waals surface area contributed by atoms with E-state index in [0.29, 0.717) is 22.9 Å². The van der Waals surface area contributed by atoms with Gasteiger partial charge in [-0.2, -0.15) is 9.61 Å². The number of para-hydroxylation sites is 1. The number of nitrogen functional groups attached to an aromatic ring is 1. The molecule has 2 N–H and O–H groups in total.